The van der Waals surface area contributed by atoms with Crippen molar-refractivity contribution in [3.8, 4) is 11.9 Å². The number of nitrogens with zero attached hydrogens (tertiary/aromatic N) is 2. The van der Waals surface area contributed by atoms with Crippen LogP contribution in [-0.4, -0.2) is 23.2 Å². The van der Waals surface area contributed by atoms with Gasteiger partial charge in [-0.1, -0.05) is 6.07 Å². The Morgan fingerprint density at radius 3 is 2.92 bits per heavy atom. The number of hydrogen-bond donors (Lipinski definition) is 2. The first-order chi connectivity index (χ1) is 12.2. The fourth-order valence-corrected chi connectivity index (χ4v) is 3.30. The first-order valence-electron chi connectivity index (χ1n) is 8.50. The molecule has 7 heteroatoms. The second-order valence-electron chi connectivity index (χ2n) is 6.39. The summed E-state index contributed by atoms with van der Waals surface area (Å²) in [5, 5.41) is 22.2. The molecular formula is C18H18BN3O3. The van der Waals surface area contributed by atoms with Crippen LogP contribution < -0.4 is 15.5 Å². The van der Waals surface area contributed by atoms with Crippen molar-refractivity contribution in [1.82, 2.24) is 4.98 Å². The number of aromatic nitrogens is 1. The Morgan fingerprint density at radius 2 is 2.12 bits per heavy atom. The number of ether oxygens (including phenoxy) is 1. The Bertz CT molecular complexity index is 831. The maximum atomic E-state index is 9.69. The highest BCUT2D eigenvalue weighted by molar-refractivity contribution is 6.61. The summed E-state index contributed by atoms with van der Waals surface area (Å²) in [6, 6.07) is 11.3. The highest BCUT2D eigenvalue weighted by atomic mass is 16.5. The zero-order valence-corrected chi connectivity index (χ0v) is 13.7. The molecule has 1 aliphatic carbocycles. The van der Waals surface area contributed by atoms with E-state index in [1.165, 1.54) is 0 Å². The van der Waals surface area contributed by atoms with E-state index < -0.39 is 7.12 Å². The van der Waals surface area contributed by atoms with E-state index in [9.17, 15) is 10.3 Å². The standard InChI is InChI=1S/C18H18BN3O3/c20-10-12-5-8-17(22-18(12)25-15-3-1-2-4-15)21-14-6-7-16-13(9-14)11-24-19(16)23/h5-9,15,23H,1-4,11H2,(H,21,22). The summed E-state index contributed by atoms with van der Waals surface area (Å²) in [4.78, 5) is 4.47. The molecule has 1 aromatic heterocycles. The van der Waals surface area contributed by atoms with Gasteiger partial charge in [0.05, 0.1) is 6.61 Å². The Labute approximate surface area is 146 Å². The summed E-state index contributed by atoms with van der Waals surface area (Å²) in [5.41, 5.74) is 3.04. The van der Waals surface area contributed by atoms with Gasteiger partial charge in [-0.05, 0) is 61.0 Å². The molecule has 126 valence electrons. The van der Waals surface area contributed by atoms with Crippen LogP contribution in [0.3, 0.4) is 0 Å². The van der Waals surface area contributed by atoms with Crippen molar-refractivity contribution in [1.29, 1.82) is 5.26 Å². The van der Waals surface area contributed by atoms with Crippen LogP contribution in [0.15, 0.2) is 30.3 Å². The predicted octanol–water partition coefficient (Wildman–Crippen LogP) is 2.24. The number of hydrogen-bond acceptors (Lipinski definition) is 6. The predicted molar refractivity (Wildman–Crippen MR) is 94.0 cm³/mol. The molecule has 1 aromatic carbocycles. The van der Waals surface area contributed by atoms with Crippen LogP contribution >= 0.6 is 0 Å². The molecule has 1 aliphatic heterocycles. The molecule has 0 atom stereocenters. The van der Waals surface area contributed by atoms with E-state index in [2.05, 4.69) is 16.4 Å². The molecule has 0 saturated heterocycles. The summed E-state index contributed by atoms with van der Waals surface area (Å²) in [6.45, 7) is 0.392. The minimum atomic E-state index is -0.844. The third-order valence-corrected chi connectivity index (χ3v) is 4.64. The van der Waals surface area contributed by atoms with E-state index in [0.29, 0.717) is 23.9 Å². The quantitative estimate of drug-likeness (QED) is 0.833. The lowest BCUT2D eigenvalue weighted by Gasteiger charge is -2.15. The van der Waals surface area contributed by atoms with Crippen molar-refractivity contribution in [3.05, 3.63) is 41.5 Å². The molecule has 2 N–H and O–H groups in total. The average Bonchev–Trinajstić information content (AvgIpc) is 3.25. The highest BCUT2D eigenvalue weighted by Crippen LogP contribution is 2.27. The lowest BCUT2D eigenvalue weighted by atomic mass is 9.79. The third-order valence-electron chi connectivity index (χ3n) is 4.64. The highest BCUT2D eigenvalue weighted by Gasteiger charge is 2.27. The molecule has 0 unspecified atom stereocenters. The molecule has 0 amide bonds. The monoisotopic (exact) mass is 335 g/mol. The molecule has 0 bridgehead atoms. The van der Waals surface area contributed by atoms with Crippen molar-refractivity contribution in [2.24, 2.45) is 0 Å². The summed E-state index contributed by atoms with van der Waals surface area (Å²) in [5.74, 6) is 1.01. The van der Waals surface area contributed by atoms with Gasteiger partial charge in [0.1, 0.15) is 23.6 Å². The largest absolute Gasteiger partial charge is 0.491 e. The zero-order chi connectivity index (χ0) is 17.2. The molecule has 1 fully saturated rings. The van der Waals surface area contributed by atoms with E-state index in [0.717, 1.165) is 42.4 Å². The minimum Gasteiger partial charge on any atom is -0.473 e. The maximum Gasteiger partial charge on any atom is 0.491 e. The van der Waals surface area contributed by atoms with Crippen molar-refractivity contribution >= 4 is 24.1 Å². The van der Waals surface area contributed by atoms with Gasteiger partial charge < -0.3 is 19.7 Å². The molecule has 4 rings (SSSR count). The van der Waals surface area contributed by atoms with Gasteiger partial charge in [0, 0.05) is 5.69 Å². The Kier molecular flexibility index (Phi) is 4.30. The van der Waals surface area contributed by atoms with Crippen LogP contribution in [-0.2, 0) is 11.3 Å². The van der Waals surface area contributed by atoms with E-state index in [-0.39, 0.29) is 6.10 Å². The fraction of sp³-hybridized carbons (Fsp3) is 0.333. The van der Waals surface area contributed by atoms with Crippen LogP contribution in [0.2, 0.25) is 0 Å². The number of benzene rings is 1. The van der Waals surface area contributed by atoms with Gasteiger partial charge in [0.2, 0.25) is 5.88 Å². The van der Waals surface area contributed by atoms with Crippen LogP contribution in [0.5, 0.6) is 5.88 Å². The van der Waals surface area contributed by atoms with Crippen molar-refractivity contribution in [3.63, 3.8) is 0 Å². The van der Waals surface area contributed by atoms with E-state index >= 15 is 0 Å². The minimum absolute atomic E-state index is 0.147. The second kappa shape index (κ2) is 6.75. The van der Waals surface area contributed by atoms with Crippen molar-refractivity contribution in [2.45, 2.75) is 38.4 Å². The summed E-state index contributed by atoms with van der Waals surface area (Å²) >= 11 is 0. The van der Waals surface area contributed by atoms with Gasteiger partial charge in [-0.2, -0.15) is 10.2 Å². The van der Waals surface area contributed by atoms with Crippen molar-refractivity contribution in [2.75, 3.05) is 5.32 Å². The number of pyridine rings is 1. The van der Waals surface area contributed by atoms with Crippen LogP contribution in [0, 0.1) is 11.3 Å². The number of anilines is 2. The first-order valence-corrected chi connectivity index (χ1v) is 8.50. The zero-order valence-electron chi connectivity index (χ0n) is 13.7. The van der Waals surface area contributed by atoms with Crippen molar-refractivity contribution < 1.29 is 14.4 Å². The van der Waals surface area contributed by atoms with Crippen LogP contribution in [0.4, 0.5) is 11.5 Å². The van der Waals surface area contributed by atoms with E-state index in [1.54, 1.807) is 12.1 Å². The topological polar surface area (TPSA) is 87.4 Å². The Hall–Kier alpha value is -2.56. The normalized spacial score (nSPS) is 16.6. The number of rotatable bonds is 4. The molecule has 25 heavy (non-hydrogen) atoms. The summed E-state index contributed by atoms with van der Waals surface area (Å²) in [6.07, 6.45) is 4.49. The smallest absolute Gasteiger partial charge is 0.473 e. The third kappa shape index (κ3) is 3.32. The lowest BCUT2D eigenvalue weighted by molar-refractivity contribution is 0.201. The van der Waals surface area contributed by atoms with Crippen LogP contribution in [0.25, 0.3) is 0 Å². The number of nitrogens with one attached hydrogen (secondary N) is 1. The molecule has 2 heterocycles. The number of nitriles is 1. The average molecular weight is 335 g/mol. The Morgan fingerprint density at radius 1 is 1.28 bits per heavy atom. The van der Waals surface area contributed by atoms with E-state index in [1.807, 2.05) is 18.2 Å². The molecule has 0 radical (unpaired) electrons. The van der Waals surface area contributed by atoms with Crippen LogP contribution in [0.1, 0.15) is 36.8 Å². The lowest BCUT2D eigenvalue weighted by Crippen LogP contribution is -2.27. The molecule has 1 saturated carbocycles. The van der Waals surface area contributed by atoms with E-state index in [4.69, 9.17) is 9.39 Å². The summed E-state index contributed by atoms with van der Waals surface area (Å²) in [7, 11) is -0.844. The Balaban J connectivity index is 1.55. The molecule has 2 aliphatic rings. The van der Waals surface area contributed by atoms with Gasteiger partial charge in [0.15, 0.2) is 0 Å². The maximum absolute atomic E-state index is 9.69. The molecule has 0 spiro atoms. The molecule has 2 aromatic rings. The number of fused-ring (bicyclic) bond motifs is 1. The van der Waals surface area contributed by atoms with Gasteiger partial charge in [-0.25, -0.2) is 0 Å². The summed E-state index contributed by atoms with van der Waals surface area (Å²) < 4.78 is 11.1. The van der Waals surface area contributed by atoms with Gasteiger partial charge in [0.25, 0.3) is 0 Å². The fourth-order valence-electron chi connectivity index (χ4n) is 3.30. The van der Waals surface area contributed by atoms with Gasteiger partial charge in [-0.3, -0.25) is 0 Å². The molecular weight excluding hydrogens is 317 g/mol. The van der Waals surface area contributed by atoms with Gasteiger partial charge >= 0.3 is 7.12 Å². The first kappa shape index (κ1) is 15.9. The SMILES string of the molecule is N#Cc1ccc(Nc2ccc3c(c2)COB3O)nc1OC1CCCC1. The second-order valence-corrected chi connectivity index (χ2v) is 6.39. The van der Waals surface area contributed by atoms with Gasteiger partial charge in [-0.15, -0.1) is 0 Å². The molecule has 6 nitrogen and oxygen atoms in total.